The van der Waals surface area contributed by atoms with Gasteiger partial charge in [0.2, 0.25) is 0 Å². The van der Waals surface area contributed by atoms with Gasteiger partial charge in [0.1, 0.15) is 11.4 Å². The predicted octanol–water partition coefficient (Wildman–Crippen LogP) is 2.17. The van der Waals surface area contributed by atoms with Crippen molar-refractivity contribution in [3.8, 4) is 28.6 Å². The van der Waals surface area contributed by atoms with E-state index in [2.05, 4.69) is 26.6 Å². The van der Waals surface area contributed by atoms with Gasteiger partial charge in [-0.2, -0.15) is 15.5 Å². The molecule has 0 atom stereocenters. The summed E-state index contributed by atoms with van der Waals surface area (Å²) in [7, 11) is 1.81. The quantitative estimate of drug-likeness (QED) is 0.515. The Morgan fingerprint density at radius 3 is 2.77 bits per heavy atom. The third-order valence-corrected chi connectivity index (χ3v) is 4.74. The minimum Gasteiger partial charge on any atom is -0.389 e. The highest BCUT2D eigenvalue weighted by Crippen LogP contribution is 2.34. The van der Waals surface area contributed by atoms with Crippen molar-refractivity contribution in [2.24, 2.45) is 7.05 Å². The molecule has 156 valence electrons. The molecule has 2 N–H and O–H groups in total. The fourth-order valence-corrected chi connectivity index (χ4v) is 3.24. The second-order valence-electron chi connectivity index (χ2n) is 7.83. The van der Waals surface area contributed by atoms with E-state index >= 15 is 0 Å². The van der Waals surface area contributed by atoms with Crippen LogP contribution in [0.3, 0.4) is 0 Å². The number of nitriles is 1. The second-order valence-corrected chi connectivity index (χ2v) is 7.83. The number of carbonyl (C=O) groups excluding carboxylic acids is 1. The normalized spacial score (nSPS) is 11.5. The number of hydrogen-bond donors (Lipinski definition) is 2. The standard InChI is InChI=1S/C22H21N7O2/c1-22(2,31)13-24-21(30)16-8-10-29-20(26-16)18(17-7-9-25-28(17)3)19(27-29)15-6-4-5-14(11-15)12-23/h4-11,31H,13H2,1-3H3,(H,24,30). The molecule has 4 rings (SSSR count). The van der Waals surface area contributed by atoms with E-state index in [1.54, 1.807) is 59.7 Å². The van der Waals surface area contributed by atoms with Crippen LogP contribution in [0.25, 0.3) is 28.2 Å². The van der Waals surface area contributed by atoms with Crippen LogP contribution in [-0.2, 0) is 7.05 Å². The third kappa shape index (κ3) is 4.01. The van der Waals surface area contributed by atoms with Crippen LogP contribution in [0, 0.1) is 11.3 Å². The number of aliphatic hydroxyl groups is 1. The van der Waals surface area contributed by atoms with Gasteiger partial charge < -0.3 is 10.4 Å². The fourth-order valence-electron chi connectivity index (χ4n) is 3.24. The molecule has 0 aliphatic rings. The van der Waals surface area contributed by atoms with Crippen LogP contribution in [0.5, 0.6) is 0 Å². The summed E-state index contributed by atoms with van der Waals surface area (Å²) in [4.78, 5) is 17.2. The molecule has 3 aromatic heterocycles. The Morgan fingerprint density at radius 1 is 1.29 bits per heavy atom. The average Bonchev–Trinajstić information content (AvgIpc) is 3.33. The minimum atomic E-state index is -1.03. The number of nitrogens with zero attached hydrogens (tertiary/aromatic N) is 6. The van der Waals surface area contributed by atoms with Crippen LogP contribution in [0.1, 0.15) is 29.9 Å². The molecule has 9 nitrogen and oxygen atoms in total. The van der Waals surface area contributed by atoms with Crippen LogP contribution >= 0.6 is 0 Å². The van der Waals surface area contributed by atoms with Crippen molar-refractivity contribution in [1.29, 1.82) is 5.26 Å². The first-order valence-electron chi connectivity index (χ1n) is 9.66. The average molecular weight is 415 g/mol. The van der Waals surface area contributed by atoms with E-state index in [1.807, 2.05) is 19.2 Å². The number of hydrogen-bond acceptors (Lipinski definition) is 6. The number of benzene rings is 1. The number of fused-ring (bicyclic) bond motifs is 1. The van der Waals surface area contributed by atoms with Crippen molar-refractivity contribution >= 4 is 11.6 Å². The van der Waals surface area contributed by atoms with Gasteiger partial charge in [0.15, 0.2) is 5.65 Å². The Balaban J connectivity index is 1.88. The van der Waals surface area contributed by atoms with Crippen LogP contribution in [0.4, 0.5) is 0 Å². The van der Waals surface area contributed by atoms with E-state index < -0.39 is 11.5 Å². The van der Waals surface area contributed by atoms with E-state index in [-0.39, 0.29) is 12.2 Å². The van der Waals surface area contributed by atoms with E-state index in [4.69, 9.17) is 0 Å². The Morgan fingerprint density at radius 2 is 2.10 bits per heavy atom. The lowest BCUT2D eigenvalue weighted by atomic mass is 10.0. The maximum atomic E-state index is 12.6. The summed E-state index contributed by atoms with van der Waals surface area (Å²) in [6.45, 7) is 3.32. The molecule has 1 amide bonds. The third-order valence-electron chi connectivity index (χ3n) is 4.74. The number of carbonyl (C=O) groups is 1. The van der Waals surface area contributed by atoms with Crippen molar-refractivity contribution in [3.63, 3.8) is 0 Å². The highest BCUT2D eigenvalue weighted by molar-refractivity contribution is 5.95. The summed E-state index contributed by atoms with van der Waals surface area (Å²) in [6.07, 6.45) is 3.34. The lowest BCUT2D eigenvalue weighted by Gasteiger charge is -2.17. The predicted molar refractivity (Wildman–Crippen MR) is 114 cm³/mol. The van der Waals surface area contributed by atoms with E-state index in [0.717, 1.165) is 11.3 Å². The van der Waals surface area contributed by atoms with E-state index in [1.165, 1.54) is 0 Å². The zero-order valence-corrected chi connectivity index (χ0v) is 17.4. The molecule has 0 spiro atoms. The maximum absolute atomic E-state index is 12.6. The summed E-state index contributed by atoms with van der Waals surface area (Å²) in [5.74, 6) is -0.394. The lowest BCUT2D eigenvalue weighted by Crippen LogP contribution is -2.38. The Hall–Kier alpha value is -4.03. The molecule has 0 saturated heterocycles. The minimum absolute atomic E-state index is 0.0960. The first-order valence-corrected chi connectivity index (χ1v) is 9.66. The van der Waals surface area contributed by atoms with Crippen molar-refractivity contribution in [2.45, 2.75) is 19.4 Å². The van der Waals surface area contributed by atoms with Gasteiger partial charge >= 0.3 is 0 Å². The number of rotatable bonds is 5. The van der Waals surface area contributed by atoms with Crippen LogP contribution < -0.4 is 5.32 Å². The highest BCUT2D eigenvalue weighted by atomic mass is 16.3. The van der Waals surface area contributed by atoms with Crippen molar-refractivity contribution < 1.29 is 9.90 Å². The molecule has 0 unspecified atom stereocenters. The molecule has 4 aromatic rings. The summed E-state index contributed by atoms with van der Waals surface area (Å²) < 4.78 is 3.31. The fraction of sp³-hybridized carbons (Fsp3) is 0.227. The Bertz CT molecular complexity index is 1320. The first-order chi connectivity index (χ1) is 14.8. The molecule has 1 aromatic carbocycles. The van der Waals surface area contributed by atoms with Gasteiger partial charge in [-0.15, -0.1) is 0 Å². The zero-order chi connectivity index (χ0) is 22.2. The second kappa shape index (κ2) is 7.66. The number of aryl methyl sites for hydroxylation is 1. The molecule has 0 aliphatic carbocycles. The van der Waals surface area contributed by atoms with Gasteiger partial charge in [0, 0.05) is 31.5 Å². The molecule has 0 fully saturated rings. The van der Waals surface area contributed by atoms with Gasteiger partial charge in [0.25, 0.3) is 5.91 Å². The van der Waals surface area contributed by atoms with Gasteiger partial charge in [-0.25, -0.2) is 9.50 Å². The maximum Gasteiger partial charge on any atom is 0.270 e. The number of aromatic nitrogens is 5. The Labute approximate surface area is 178 Å². The van der Waals surface area contributed by atoms with Gasteiger partial charge in [-0.3, -0.25) is 9.48 Å². The van der Waals surface area contributed by atoms with E-state index in [9.17, 15) is 15.2 Å². The smallest absolute Gasteiger partial charge is 0.270 e. The van der Waals surface area contributed by atoms with Crippen molar-refractivity contribution in [1.82, 2.24) is 29.7 Å². The number of nitrogens with one attached hydrogen (secondary N) is 1. The molecule has 3 heterocycles. The number of amides is 1. The van der Waals surface area contributed by atoms with Crippen molar-refractivity contribution in [2.75, 3.05) is 6.54 Å². The summed E-state index contributed by atoms with van der Waals surface area (Å²) in [6, 6.07) is 12.7. The Kier molecular flexibility index (Phi) is 5.01. The topological polar surface area (TPSA) is 121 Å². The molecule has 9 heteroatoms. The molecule has 0 saturated carbocycles. The van der Waals surface area contributed by atoms with Gasteiger partial charge in [-0.05, 0) is 38.1 Å². The summed E-state index contributed by atoms with van der Waals surface area (Å²) in [5, 5.41) is 30.8. The van der Waals surface area contributed by atoms with Gasteiger partial charge in [-0.1, -0.05) is 12.1 Å². The molecular formula is C22H21N7O2. The molecule has 31 heavy (non-hydrogen) atoms. The summed E-state index contributed by atoms with van der Waals surface area (Å²) >= 11 is 0. The molecular weight excluding hydrogens is 394 g/mol. The zero-order valence-electron chi connectivity index (χ0n) is 17.4. The monoisotopic (exact) mass is 415 g/mol. The molecule has 0 radical (unpaired) electrons. The van der Waals surface area contributed by atoms with Gasteiger partial charge in [0.05, 0.1) is 28.5 Å². The van der Waals surface area contributed by atoms with Crippen LogP contribution in [-0.4, -0.2) is 47.5 Å². The van der Waals surface area contributed by atoms with Crippen LogP contribution in [0.2, 0.25) is 0 Å². The molecule has 0 bridgehead atoms. The van der Waals surface area contributed by atoms with Crippen LogP contribution in [0.15, 0.2) is 48.8 Å². The van der Waals surface area contributed by atoms with Crippen molar-refractivity contribution in [3.05, 3.63) is 60.0 Å². The first kappa shape index (κ1) is 20.3. The lowest BCUT2D eigenvalue weighted by molar-refractivity contribution is 0.0692. The highest BCUT2D eigenvalue weighted by Gasteiger charge is 2.22. The largest absolute Gasteiger partial charge is 0.389 e. The summed E-state index contributed by atoms with van der Waals surface area (Å²) in [5.41, 5.74) is 3.03. The SMILES string of the molecule is Cn1nccc1-c1c(-c2cccc(C#N)c2)nn2ccc(C(=O)NCC(C)(C)O)nc12. The molecule has 0 aliphatic heterocycles. The van der Waals surface area contributed by atoms with E-state index in [0.29, 0.717) is 22.5 Å².